The van der Waals surface area contributed by atoms with Gasteiger partial charge in [0.2, 0.25) is 0 Å². The van der Waals surface area contributed by atoms with Crippen molar-refractivity contribution in [1.82, 2.24) is 0 Å². The Balaban J connectivity index is 3.05. The number of hydrogen-bond acceptors (Lipinski definition) is 1. The predicted octanol–water partition coefficient (Wildman–Crippen LogP) is 2.14. The summed E-state index contributed by atoms with van der Waals surface area (Å²) in [5.74, 6) is 1.15. The second-order valence-electron chi connectivity index (χ2n) is 1.50. The van der Waals surface area contributed by atoms with Crippen LogP contribution < -0.4 is 0 Å². The molecule has 40 valence electrons. The van der Waals surface area contributed by atoms with E-state index in [2.05, 4.69) is 4.85 Å². The highest BCUT2D eigenvalue weighted by molar-refractivity contribution is 5.32. The van der Waals surface area contributed by atoms with E-state index in [1.54, 1.807) is 12.1 Å². The van der Waals surface area contributed by atoms with Gasteiger partial charge in [0.1, 0.15) is 0 Å². The van der Waals surface area contributed by atoms with Crippen molar-refractivity contribution in [1.29, 1.82) is 0 Å². The van der Waals surface area contributed by atoms with Crippen LogP contribution in [-0.2, 0) is 0 Å². The van der Waals surface area contributed by atoms with Gasteiger partial charge in [-0.15, -0.1) is 0 Å². The molecule has 0 spiro atoms. The van der Waals surface area contributed by atoms with Crippen LogP contribution >= 0.6 is 0 Å². The average molecular weight is 107 g/mol. The van der Waals surface area contributed by atoms with Crippen molar-refractivity contribution in [2.24, 2.45) is 0 Å². The SMILES string of the molecule is [C-]#[N+]c1ccc(C)o1. The lowest BCUT2D eigenvalue weighted by Gasteiger charge is -1.75. The second kappa shape index (κ2) is 1.71. The summed E-state index contributed by atoms with van der Waals surface area (Å²) in [7, 11) is 0. The molecule has 0 aromatic carbocycles. The van der Waals surface area contributed by atoms with Crippen molar-refractivity contribution in [3.63, 3.8) is 0 Å². The molecule has 0 amide bonds. The minimum atomic E-state index is 0.363. The molecule has 0 radical (unpaired) electrons. The molecule has 1 rings (SSSR count). The largest absolute Gasteiger partial charge is 0.485 e. The smallest absolute Gasteiger partial charge is 0.345 e. The first kappa shape index (κ1) is 4.92. The molecule has 1 aromatic heterocycles. The van der Waals surface area contributed by atoms with Gasteiger partial charge in [-0.05, 0) is 19.1 Å². The molecule has 0 unspecified atom stereocenters. The van der Waals surface area contributed by atoms with Gasteiger partial charge in [0.05, 0.1) is 12.3 Å². The number of rotatable bonds is 0. The van der Waals surface area contributed by atoms with Gasteiger partial charge in [-0.25, -0.2) is 0 Å². The van der Waals surface area contributed by atoms with Crippen molar-refractivity contribution in [2.75, 3.05) is 0 Å². The Morgan fingerprint density at radius 1 is 1.62 bits per heavy atom. The summed E-state index contributed by atoms with van der Waals surface area (Å²) in [6.07, 6.45) is 0. The molecule has 0 aliphatic carbocycles. The Labute approximate surface area is 47.6 Å². The Morgan fingerprint density at radius 2 is 2.38 bits per heavy atom. The molecule has 1 heterocycles. The van der Waals surface area contributed by atoms with E-state index in [9.17, 15) is 0 Å². The summed E-state index contributed by atoms with van der Waals surface area (Å²) >= 11 is 0. The molecular weight excluding hydrogens is 102 g/mol. The maximum absolute atomic E-state index is 6.49. The van der Waals surface area contributed by atoms with E-state index in [1.807, 2.05) is 6.92 Å². The van der Waals surface area contributed by atoms with Crippen LogP contribution in [0.15, 0.2) is 16.5 Å². The van der Waals surface area contributed by atoms with E-state index < -0.39 is 0 Å². The summed E-state index contributed by atoms with van der Waals surface area (Å²) in [4.78, 5) is 3.07. The van der Waals surface area contributed by atoms with Gasteiger partial charge >= 0.3 is 5.88 Å². The highest BCUT2D eigenvalue weighted by atomic mass is 16.3. The number of aryl methyl sites for hydroxylation is 1. The molecule has 2 nitrogen and oxygen atoms in total. The van der Waals surface area contributed by atoms with Gasteiger partial charge in [-0.3, -0.25) is 0 Å². The minimum Gasteiger partial charge on any atom is -0.485 e. The van der Waals surface area contributed by atoms with E-state index >= 15 is 0 Å². The first-order valence-electron chi connectivity index (χ1n) is 2.27. The van der Waals surface area contributed by atoms with Gasteiger partial charge in [0.25, 0.3) is 0 Å². The molecule has 0 N–H and O–H groups in total. The standard InChI is InChI=1S/C6H5NO/c1-5-3-4-6(7-2)8-5/h3-4H,1H3. The van der Waals surface area contributed by atoms with Crippen LogP contribution in [0.4, 0.5) is 5.88 Å². The predicted molar refractivity (Wildman–Crippen MR) is 29.7 cm³/mol. The van der Waals surface area contributed by atoms with Crippen molar-refractivity contribution in [3.8, 4) is 0 Å². The Bertz CT molecular complexity index is 219. The third-order valence-corrected chi connectivity index (χ3v) is 0.836. The average Bonchev–Trinajstić information content (AvgIpc) is 2.14. The molecular formula is C6H5NO. The van der Waals surface area contributed by atoms with Gasteiger partial charge in [0.15, 0.2) is 0 Å². The lowest BCUT2D eigenvalue weighted by molar-refractivity contribution is 0.557. The fourth-order valence-electron chi connectivity index (χ4n) is 0.482. The molecule has 0 aliphatic heterocycles. The van der Waals surface area contributed by atoms with Crippen molar-refractivity contribution < 1.29 is 4.42 Å². The monoisotopic (exact) mass is 107 g/mol. The van der Waals surface area contributed by atoms with Gasteiger partial charge < -0.3 is 4.42 Å². The zero-order valence-electron chi connectivity index (χ0n) is 4.51. The molecule has 0 saturated heterocycles. The summed E-state index contributed by atoms with van der Waals surface area (Å²) in [6.45, 7) is 8.30. The van der Waals surface area contributed by atoms with Gasteiger partial charge in [-0.1, -0.05) is 0 Å². The molecule has 1 aromatic rings. The van der Waals surface area contributed by atoms with Crippen LogP contribution in [0.5, 0.6) is 0 Å². The van der Waals surface area contributed by atoms with Crippen LogP contribution in [0, 0.1) is 13.5 Å². The van der Waals surface area contributed by atoms with E-state index in [0.29, 0.717) is 5.88 Å². The quantitative estimate of drug-likeness (QED) is 0.464. The Kier molecular flexibility index (Phi) is 1.05. The third kappa shape index (κ3) is 0.710. The van der Waals surface area contributed by atoms with Crippen LogP contribution in [0.2, 0.25) is 0 Å². The highest BCUT2D eigenvalue weighted by Crippen LogP contribution is 2.14. The van der Waals surface area contributed by atoms with E-state index in [1.165, 1.54) is 0 Å². The van der Waals surface area contributed by atoms with Crippen molar-refractivity contribution in [2.45, 2.75) is 6.92 Å². The van der Waals surface area contributed by atoms with E-state index in [0.717, 1.165) is 5.76 Å². The Morgan fingerprint density at radius 3 is 2.62 bits per heavy atom. The zero-order valence-corrected chi connectivity index (χ0v) is 4.51. The van der Waals surface area contributed by atoms with Crippen molar-refractivity contribution in [3.05, 3.63) is 29.3 Å². The van der Waals surface area contributed by atoms with Gasteiger partial charge in [-0.2, -0.15) is 4.85 Å². The Hall–Kier alpha value is -1.23. The van der Waals surface area contributed by atoms with E-state index in [-0.39, 0.29) is 0 Å². The molecule has 0 atom stereocenters. The van der Waals surface area contributed by atoms with Crippen LogP contribution in [-0.4, -0.2) is 0 Å². The first-order chi connectivity index (χ1) is 3.83. The maximum atomic E-state index is 6.49. The zero-order chi connectivity index (χ0) is 5.98. The molecule has 0 aliphatic rings. The fourth-order valence-corrected chi connectivity index (χ4v) is 0.482. The first-order valence-corrected chi connectivity index (χ1v) is 2.27. The number of furan rings is 1. The lowest BCUT2D eigenvalue weighted by atomic mass is 10.5. The van der Waals surface area contributed by atoms with Crippen LogP contribution in [0.25, 0.3) is 4.85 Å². The van der Waals surface area contributed by atoms with E-state index in [4.69, 9.17) is 11.0 Å². The summed E-state index contributed by atoms with van der Waals surface area (Å²) in [5, 5.41) is 0. The van der Waals surface area contributed by atoms with Crippen LogP contribution in [0.1, 0.15) is 5.76 Å². The second-order valence-corrected chi connectivity index (χ2v) is 1.50. The highest BCUT2D eigenvalue weighted by Gasteiger charge is 1.91. The molecule has 0 saturated carbocycles. The number of nitrogens with zero attached hydrogens (tertiary/aromatic N) is 1. The topological polar surface area (TPSA) is 17.5 Å². The maximum Gasteiger partial charge on any atom is 0.345 e. The molecule has 0 fully saturated rings. The normalized spacial score (nSPS) is 8.50. The van der Waals surface area contributed by atoms with Gasteiger partial charge in [0, 0.05) is 0 Å². The van der Waals surface area contributed by atoms with Crippen molar-refractivity contribution >= 4 is 5.88 Å². The fraction of sp³-hybridized carbons (Fsp3) is 0.167. The molecule has 0 bridgehead atoms. The molecule has 2 heteroatoms. The van der Waals surface area contributed by atoms with Crippen LogP contribution in [0.3, 0.4) is 0 Å². The summed E-state index contributed by atoms with van der Waals surface area (Å²) in [6, 6.07) is 3.43. The number of hydrogen-bond donors (Lipinski definition) is 0. The third-order valence-electron chi connectivity index (χ3n) is 0.836. The lowest BCUT2D eigenvalue weighted by Crippen LogP contribution is -1.49. The molecule has 8 heavy (non-hydrogen) atoms. The summed E-state index contributed by atoms with van der Waals surface area (Å²) in [5.41, 5.74) is 0. The minimum absolute atomic E-state index is 0.363. The summed E-state index contributed by atoms with van der Waals surface area (Å²) < 4.78 is 4.88.